The minimum Gasteiger partial charge on any atom is -0.378 e. The van der Waals surface area contributed by atoms with Gasteiger partial charge in [-0.25, -0.2) is 0 Å². The molecule has 0 amide bonds. The van der Waals surface area contributed by atoms with Crippen LogP contribution in [-0.4, -0.2) is 22.7 Å². The molecule has 0 saturated carbocycles. The van der Waals surface area contributed by atoms with Gasteiger partial charge in [0.05, 0.1) is 11.8 Å². The van der Waals surface area contributed by atoms with Crippen LogP contribution in [-0.2, 0) is 4.74 Å². The van der Waals surface area contributed by atoms with Gasteiger partial charge in [-0.1, -0.05) is 0 Å². The predicted octanol–water partition coefficient (Wildman–Crippen LogP) is 1.76. The van der Waals surface area contributed by atoms with E-state index in [4.69, 9.17) is 4.74 Å². The minimum absolute atomic E-state index is 0.362. The number of rotatable bonds is 1. The molecule has 1 aliphatic rings. The van der Waals surface area contributed by atoms with E-state index < -0.39 is 0 Å². The van der Waals surface area contributed by atoms with Gasteiger partial charge in [0.25, 0.3) is 0 Å². The van der Waals surface area contributed by atoms with Crippen molar-refractivity contribution < 1.29 is 4.74 Å². The summed E-state index contributed by atoms with van der Waals surface area (Å²) in [5.41, 5.74) is 1.11. The van der Waals surface area contributed by atoms with Crippen molar-refractivity contribution in [3.63, 3.8) is 0 Å². The summed E-state index contributed by atoms with van der Waals surface area (Å²) in [4.78, 5) is 8.40. The van der Waals surface area contributed by atoms with Crippen molar-refractivity contribution in [2.75, 3.05) is 6.61 Å². The number of nitrogens with zero attached hydrogens (tertiary/aromatic N) is 2. The Morgan fingerprint density at radius 2 is 2.38 bits per heavy atom. The predicted molar refractivity (Wildman–Crippen MR) is 49.4 cm³/mol. The average molecular weight is 178 g/mol. The molecule has 70 valence electrons. The molecule has 0 bridgehead atoms. The molecule has 2 rings (SSSR count). The highest BCUT2D eigenvalue weighted by Gasteiger charge is 2.21. The lowest BCUT2D eigenvalue weighted by Gasteiger charge is -2.26. The second-order valence-corrected chi connectivity index (χ2v) is 3.53. The zero-order chi connectivity index (χ0) is 9.10. The highest BCUT2D eigenvalue weighted by atomic mass is 16.5. The molecule has 1 aromatic heterocycles. The smallest absolute Gasteiger partial charge is 0.0619 e. The molecule has 0 spiro atoms. The summed E-state index contributed by atoms with van der Waals surface area (Å²) < 4.78 is 5.48. The van der Waals surface area contributed by atoms with Crippen molar-refractivity contribution >= 4 is 0 Å². The van der Waals surface area contributed by atoms with E-state index in [-0.39, 0.29) is 0 Å². The van der Waals surface area contributed by atoms with Crippen LogP contribution in [0.5, 0.6) is 0 Å². The summed E-state index contributed by atoms with van der Waals surface area (Å²) in [6, 6.07) is 0. The van der Waals surface area contributed by atoms with Crippen molar-refractivity contribution in [1.82, 2.24) is 9.97 Å². The van der Waals surface area contributed by atoms with Crippen molar-refractivity contribution in [3.05, 3.63) is 24.3 Å². The number of hydrogen-bond acceptors (Lipinski definition) is 3. The average Bonchev–Trinajstić information content (AvgIpc) is 2.19. The molecule has 0 unspecified atom stereocenters. The van der Waals surface area contributed by atoms with Gasteiger partial charge in [0.15, 0.2) is 0 Å². The fourth-order valence-corrected chi connectivity index (χ4v) is 1.79. The molecule has 1 fully saturated rings. The van der Waals surface area contributed by atoms with E-state index in [2.05, 4.69) is 16.9 Å². The Balaban J connectivity index is 2.08. The van der Waals surface area contributed by atoms with Crippen LogP contribution in [0.1, 0.15) is 31.4 Å². The summed E-state index contributed by atoms with van der Waals surface area (Å²) in [6.07, 6.45) is 7.84. The van der Waals surface area contributed by atoms with E-state index in [0.29, 0.717) is 12.0 Å². The van der Waals surface area contributed by atoms with Gasteiger partial charge in [-0.2, -0.15) is 0 Å². The molecule has 1 aromatic rings. The third kappa shape index (κ3) is 2.04. The first-order valence-electron chi connectivity index (χ1n) is 4.74. The van der Waals surface area contributed by atoms with Crippen LogP contribution in [0, 0.1) is 0 Å². The molecule has 2 heterocycles. The van der Waals surface area contributed by atoms with Crippen LogP contribution in [0.25, 0.3) is 0 Å². The number of aromatic nitrogens is 2. The van der Waals surface area contributed by atoms with Crippen LogP contribution < -0.4 is 0 Å². The highest BCUT2D eigenvalue weighted by Crippen LogP contribution is 2.27. The van der Waals surface area contributed by atoms with E-state index in [0.717, 1.165) is 25.1 Å². The maximum atomic E-state index is 5.48. The fraction of sp³-hybridized carbons (Fsp3) is 0.600. The van der Waals surface area contributed by atoms with E-state index >= 15 is 0 Å². The van der Waals surface area contributed by atoms with Crippen LogP contribution in [0.15, 0.2) is 18.6 Å². The van der Waals surface area contributed by atoms with Crippen molar-refractivity contribution in [2.45, 2.75) is 31.8 Å². The first kappa shape index (κ1) is 8.63. The molecule has 3 heteroatoms. The third-order valence-electron chi connectivity index (χ3n) is 2.49. The Morgan fingerprint density at radius 1 is 1.46 bits per heavy atom. The summed E-state index contributed by atoms with van der Waals surface area (Å²) in [7, 11) is 0. The van der Waals surface area contributed by atoms with Gasteiger partial charge in [-0.05, 0) is 19.8 Å². The van der Waals surface area contributed by atoms with Crippen molar-refractivity contribution in [2.24, 2.45) is 0 Å². The van der Waals surface area contributed by atoms with E-state index in [9.17, 15) is 0 Å². The molecule has 3 nitrogen and oxygen atoms in total. The first-order valence-corrected chi connectivity index (χ1v) is 4.74. The summed E-state index contributed by atoms with van der Waals surface area (Å²) in [5.74, 6) is 0.539. The van der Waals surface area contributed by atoms with Gasteiger partial charge in [0.1, 0.15) is 0 Å². The van der Waals surface area contributed by atoms with Gasteiger partial charge in [-0.15, -0.1) is 0 Å². The summed E-state index contributed by atoms with van der Waals surface area (Å²) >= 11 is 0. The van der Waals surface area contributed by atoms with Gasteiger partial charge in [0.2, 0.25) is 0 Å². The highest BCUT2D eigenvalue weighted by molar-refractivity contribution is 5.04. The van der Waals surface area contributed by atoms with E-state index in [1.807, 2.05) is 6.20 Å². The summed E-state index contributed by atoms with van der Waals surface area (Å²) in [5, 5.41) is 0. The van der Waals surface area contributed by atoms with Crippen LogP contribution >= 0.6 is 0 Å². The minimum atomic E-state index is 0.362. The third-order valence-corrected chi connectivity index (χ3v) is 2.49. The van der Waals surface area contributed by atoms with Crippen LogP contribution in [0.4, 0.5) is 0 Å². The van der Waals surface area contributed by atoms with E-state index in [1.54, 1.807) is 12.4 Å². The van der Waals surface area contributed by atoms with Gasteiger partial charge in [-0.3, -0.25) is 9.97 Å². The number of hydrogen-bond donors (Lipinski definition) is 0. The standard InChI is InChI=1S/C10H14N2O/c1-8-6-9(2-5-13-8)10-7-11-3-4-12-10/h3-4,7-9H,2,5-6H2,1H3/t8-,9-/m0/s1. The zero-order valence-electron chi connectivity index (χ0n) is 7.81. The Hall–Kier alpha value is -0.960. The second-order valence-electron chi connectivity index (χ2n) is 3.53. The van der Waals surface area contributed by atoms with Crippen LogP contribution in [0.3, 0.4) is 0 Å². The number of ether oxygens (including phenoxy) is 1. The SMILES string of the molecule is C[C@H]1C[C@@H](c2cnccn2)CCO1. The van der Waals surface area contributed by atoms with E-state index in [1.165, 1.54) is 0 Å². The second kappa shape index (κ2) is 3.83. The fourth-order valence-electron chi connectivity index (χ4n) is 1.79. The molecule has 0 N–H and O–H groups in total. The Bertz CT molecular complexity index is 263. The normalized spacial score (nSPS) is 28.7. The quantitative estimate of drug-likeness (QED) is 0.657. The Morgan fingerprint density at radius 3 is 3.08 bits per heavy atom. The largest absolute Gasteiger partial charge is 0.378 e. The molecule has 2 atom stereocenters. The Kier molecular flexibility index (Phi) is 2.54. The molecule has 0 radical (unpaired) electrons. The molecular formula is C10H14N2O. The maximum Gasteiger partial charge on any atom is 0.0619 e. The van der Waals surface area contributed by atoms with Crippen LogP contribution in [0.2, 0.25) is 0 Å². The van der Waals surface area contributed by atoms with Crippen molar-refractivity contribution in [3.8, 4) is 0 Å². The zero-order valence-corrected chi connectivity index (χ0v) is 7.81. The first-order chi connectivity index (χ1) is 6.36. The van der Waals surface area contributed by atoms with Gasteiger partial charge >= 0.3 is 0 Å². The lowest BCUT2D eigenvalue weighted by atomic mass is 9.93. The maximum absolute atomic E-state index is 5.48. The topological polar surface area (TPSA) is 35.0 Å². The molecule has 1 saturated heterocycles. The molecule has 0 aromatic carbocycles. The van der Waals surface area contributed by atoms with Gasteiger partial charge < -0.3 is 4.74 Å². The lowest BCUT2D eigenvalue weighted by molar-refractivity contribution is 0.0179. The molecule has 1 aliphatic heterocycles. The lowest BCUT2D eigenvalue weighted by Crippen LogP contribution is -2.22. The Labute approximate surface area is 78.2 Å². The summed E-state index contributed by atoms with van der Waals surface area (Å²) in [6.45, 7) is 2.96. The molecule has 13 heavy (non-hydrogen) atoms. The van der Waals surface area contributed by atoms with Gasteiger partial charge in [0, 0.05) is 31.1 Å². The van der Waals surface area contributed by atoms with Crippen molar-refractivity contribution in [1.29, 1.82) is 0 Å². The molecule has 0 aliphatic carbocycles. The molecular weight excluding hydrogens is 164 g/mol. The monoisotopic (exact) mass is 178 g/mol.